The van der Waals surface area contributed by atoms with Crippen molar-refractivity contribution in [3.05, 3.63) is 47.2 Å². The van der Waals surface area contributed by atoms with E-state index in [4.69, 9.17) is 4.84 Å². The molecule has 0 fully saturated rings. The average Bonchev–Trinajstić information content (AvgIpc) is 3.27. The number of rotatable bonds is 5. The van der Waals surface area contributed by atoms with Gasteiger partial charge in [-0.3, -0.25) is 5.10 Å². The Kier molecular flexibility index (Phi) is 5.72. The van der Waals surface area contributed by atoms with Gasteiger partial charge in [0.25, 0.3) is 0 Å². The molecule has 0 saturated carbocycles. The van der Waals surface area contributed by atoms with Crippen molar-refractivity contribution in [3.63, 3.8) is 0 Å². The monoisotopic (exact) mass is 479 g/mol. The molecule has 0 amide bonds. The third-order valence-electron chi connectivity index (χ3n) is 4.70. The Labute approximate surface area is 177 Å². The molecule has 0 spiro atoms. The summed E-state index contributed by atoms with van der Waals surface area (Å²) < 4.78 is 93.6. The molecule has 1 atom stereocenters. The number of aromatic amines is 1. The predicted octanol–water partition coefficient (Wildman–Crippen LogP) is 3.24. The molecule has 2 aromatic rings. The molecule has 2 heterocycles. The normalized spacial score (nSPS) is 17.8. The number of hydrogen-bond acceptors (Lipinski definition) is 7. The van der Waals surface area contributed by atoms with E-state index in [2.05, 4.69) is 10.3 Å². The van der Waals surface area contributed by atoms with Crippen molar-refractivity contribution in [1.29, 1.82) is 0 Å². The molecule has 0 radical (unpaired) electrons. The maximum absolute atomic E-state index is 13.8. The molecule has 1 aromatic heterocycles. The second kappa shape index (κ2) is 7.62. The Balaban J connectivity index is 2.37. The molecule has 1 aromatic carbocycles. The first kappa shape index (κ1) is 23.3. The first-order valence-corrected chi connectivity index (χ1v) is 12.3. The number of halogens is 3. The molecular formula is C18H20F3N3O5S2. The number of alkyl halides is 3. The average molecular weight is 480 g/mol. The van der Waals surface area contributed by atoms with E-state index in [1.807, 2.05) is 0 Å². The topological polar surface area (TPSA) is 119 Å². The van der Waals surface area contributed by atoms with Gasteiger partial charge in [0.15, 0.2) is 19.9 Å². The summed E-state index contributed by atoms with van der Waals surface area (Å²) in [5.41, 5.74) is -3.57. The van der Waals surface area contributed by atoms with E-state index >= 15 is 0 Å². The van der Waals surface area contributed by atoms with Gasteiger partial charge in [0.05, 0.1) is 5.75 Å². The smallest absolute Gasteiger partial charge is 0.389 e. The summed E-state index contributed by atoms with van der Waals surface area (Å²) in [6.07, 6.45) is -5.27. The second-order valence-electron chi connectivity index (χ2n) is 7.57. The van der Waals surface area contributed by atoms with Crippen molar-refractivity contribution >= 4 is 24.7 Å². The highest BCUT2D eigenvalue weighted by Crippen LogP contribution is 2.44. The summed E-state index contributed by atoms with van der Waals surface area (Å²) in [5, 5.41) is 5.21. The lowest BCUT2D eigenvalue weighted by molar-refractivity contribution is -0.141. The second-order valence-corrected chi connectivity index (χ2v) is 11.8. The molecule has 13 heteroatoms. The Morgan fingerprint density at radius 2 is 1.77 bits per heavy atom. The zero-order chi connectivity index (χ0) is 23.2. The summed E-state index contributed by atoms with van der Waals surface area (Å²) in [6, 6.07) is 7.04. The van der Waals surface area contributed by atoms with Gasteiger partial charge in [0.2, 0.25) is 9.84 Å². The molecule has 1 aliphatic rings. The van der Waals surface area contributed by atoms with Crippen LogP contribution in [-0.4, -0.2) is 43.4 Å². The van der Waals surface area contributed by atoms with E-state index < -0.39 is 63.8 Å². The molecule has 31 heavy (non-hydrogen) atoms. The van der Waals surface area contributed by atoms with Crippen LogP contribution in [0.5, 0.6) is 0 Å². The van der Waals surface area contributed by atoms with Crippen molar-refractivity contribution in [3.8, 4) is 0 Å². The van der Waals surface area contributed by atoms with Gasteiger partial charge >= 0.3 is 6.18 Å². The largest absolute Gasteiger partial charge is 0.433 e. The SMILES string of the molecule is CCS(=O)(=O)c1n[nH]c(C(F)(F)F)c1C(c1ccccc1)S(=O)(=O)C1=NOC(C)(C)C1. The van der Waals surface area contributed by atoms with Gasteiger partial charge < -0.3 is 4.84 Å². The summed E-state index contributed by atoms with van der Waals surface area (Å²) >= 11 is 0. The Morgan fingerprint density at radius 3 is 2.26 bits per heavy atom. The van der Waals surface area contributed by atoms with Crippen molar-refractivity contribution < 1.29 is 34.8 Å². The van der Waals surface area contributed by atoms with E-state index in [0.29, 0.717) is 0 Å². The van der Waals surface area contributed by atoms with Crippen molar-refractivity contribution in [2.24, 2.45) is 5.16 Å². The fraction of sp³-hybridized carbons (Fsp3) is 0.444. The van der Waals surface area contributed by atoms with E-state index in [0.717, 1.165) is 0 Å². The van der Waals surface area contributed by atoms with Crippen LogP contribution in [0.4, 0.5) is 13.2 Å². The zero-order valence-electron chi connectivity index (χ0n) is 16.8. The van der Waals surface area contributed by atoms with Gasteiger partial charge in [0.1, 0.15) is 16.5 Å². The predicted molar refractivity (Wildman–Crippen MR) is 106 cm³/mol. The van der Waals surface area contributed by atoms with Gasteiger partial charge in [-0.05, 0) is 19.4 Å². The highest BCUT2D eigenvalue weighted by Gasteiger charge is 2.49. The molecule has 1 N–H and O–H groups in total. The highest BCUT2D eigenvalue weighted by atomic mass is 32.2. The quantitative estimate of drug-likeness (QED) is 0.703. The number of aromatic nitrogens is 2. The van der Waals surface area contributed by atoms with Gasteiger partial charge in [-0.25, -0.2) is 16.8 Å². The lowest BCUT2D eigenvalue weighted by atomic mass is 10.0. The Bertz CT molecular complexity index is 1220. The Morgan fingerprint density at radius 1 is 1.16 bits per heavy atom. The van der Waals surface area contributed by atoms with E-state index in [-0.39, 0.29) is 12.0 Å². The molecule has 170 valence electrons. The van der Waals surface area contributed by atoms with Crippen LogP contribution >= 0.6 is 0 Å². The fourth-order valence-corrected chi connectivity index (χ4v) is 6.29. The van der Waals surface area contributed by atoms with Gasteiger partial charge in [0, 0.05) is 12.0 Å². The molecule has 1 unspecified atom stereocenters. The fourth-order valence-electron chi connectivity index (χ4n) is 3.19. The van der Waals surface area contributed by atoms with Crippen molar-refractivity contribution in [2.45, 2.75) is 49.2 Å². The first-order chi connectivity index (χ1) is 14.2. The molecule has 1 aliphatic heterocycles. The van der Waals surface area contributed by atoms with Crippen LogP contribution in [0.1, 0.15) is 49.3 Å². The van der Waals surface area contributed by atoms with Crippen LogP contribution in [0.25, 0.3) is 0 Å². The summed E-state index contributed by atoms with van der Waals surface area (Å²) in [6.45, 7) is 4.37. The van der Waals surface area contributed by atoms with Crippen LogP contribution in [-0.2, 0) is 30.7 Å². The third-order valence-corrected chi connectivity index (χ3v) is 8.37. The van der Waals surface area contributed by atoms with Crippen LogP contribution in [0.2, 0.25) is 0 Å². The number of oxime groups is 1. The van der Waals surface area contributed by atoms with E-state index in [9.17, 15) is 30.0 Å². The Hall–Kier alpha value is -2.41. The van der Waals surface area contributed by atoms with Crippen LogP contribution < -0.4 is 0 Å². The van der Waals surface area contributed by atoms with Crippen LogP contribution in [0.3, 0.4) is 0 Å². The number of benzene rings is 1. The van der Waals surface area contributed by atoms with Crippen molar-refractivity contribution in [1.82, 2.24) is 10.2 Å². The maximum Gasteiger partial charge on any atom is 0.433 e. The van der Waals surface area contributed by atoms with Gasteiger partial charge in [-0.2, -0.15) is 18.3 Å². The van der Waals surface area contributed by atoms with Gasteiger partial charge in [-0.15, -0.1) is 0 Å². The lowest BCUT2D eigenvalue weighted by Crippen LogP contribution is -2.28. The molecule has 0 bridgehead atoms. The number of H-pyrrole nitrogens is 1. The van der Waals surface area contributed by atoms with Crippen LogP contribution in [0, 0.1) is 0 Å². The minimum Gasteiger partial charge on any atom is -0.389 e. The minimum absolute atomic E-state index is 0.0608. The zero-order valence-corrected chi connectivity index (χ0v) is 18.4. The van der Waals surface area contributed by atoms with Crippen molar-refractivity contribution in [2.75, 3.05) is 5.75 Å². The van der Waals surface area contributed by atoms with E-state index in [1.165, 1.54) is 31.2 Å². The molecule has 3 rings (SSSR count). The maximum atomic E-state index is 13.8. The molecular weight excluding hydrogens is 459 g/mol. The minimum atomic E-state index is -5.08. The third kappa shape index (κ3) is 4.33. The number of nitrogens with zero attached hydrogens (tertiary/aromatic N) is 2. The van der Waals surface area contributed by atoms with Gasteiger partial charge in [-0.1, -0.05) is 42.4 Å². The molecule has 0 aliphatic carbocycles. The summed E-state index contributed by atoms with van der Waals surface area (Å²) in [5.74, 6) is -0.569. The molecule has 8 nitrogen and oxygen atoms in total. The van der Waals surface area contributed by atoms with E-state index in [1.54, 1.807) is 25.0 Å². The number of hydrogen-bond donors (Lipinski definition) is 1. The standard InChI is InChI=1S/C18H20F3N3O5S2/c1-4-30(25,26)16-13(15(22-23-16)18(19,20)21)14(11-8-6-5-7-9-11)31(27,28)12-10-17(2,3)29-24-12/h5-9,14H,4,10H2,1-3H3,(H,22,23). The van der Waals surface area contributed by atoms with Crippen LogP contribution in [0.15, 0.2) is 40.5 Å². The first-order valence-electron chi connectivity index (χ1n) is 9.13. The lowest BCUT2D eigenvalue weighted by Gasteiger charge is -2.21. The summed E-state index contributed by atoms with van der Waals surface area (Å²) in [7, 11) is -8.93. The highest BCUT2D eigenvalue weighted by molar-refractivity contribution is 8.06. The molecule has 0 saturated heterocycles. The summed E-state index contributed by atoms with van der Waals surface area (Å²) in [4.78, 5) is 5.10. The number of sulfone groups is 2. The number of nitrogens with one attached hydrogen (secondary N) is 1.